The van der Waals surface area contributed by atoms with Crippen LogP contribution < -0.4 is 10.6 Å². The number of aromatic nitrogens is 1. The molecule has 0 aliphatic heterocycles. The lowest BCUT2D eigenvalue weighted by atomic mass is 9.96. The second kappa shape index (κ2) is 10.8. The molecule has 0 amide bonds. The maximum Gasteiger partial charge on any atom is 0.186 e. The SMILES string of the molecule is COCCNc1ccc(CCN[C@H](C(=O)c2c[nH]c3ccccc23)c2ccccc2)cc1. The quantitative estimate of drug-likeness (QED) is 0.233. The number of ketones is 1. The molecule has 0 aliphatic rings. The van der Waals surface area contributed by atoms with Crippen LogP contribution in [0.25, 0.3) is 10.9 Å². The molecule has 1 atom stereocenters. The maximum atomic E-state index is 13.5. The van der Waals surface area contributed by atoms with E-state index in [9.17, 15) is 4.79 Å². The number of benzene rings is 3. The summed E-state index contributed by atoms with van der Waals surface area (Å²) in [7, 11) is 1.70. The summed E-state index contributed by atoms with van der Waals surface area (Å²) in [5.41, 5.74) is 4.97. The van der Waals surface area contributed by atoms with Crippen LogP contribution in [0.4, 0.5) is 5.69 Å². The molecule has 3 aromatic carbocycles. The molecule has 3 N–H and O–H groups in total. The van der Waals surface area contributed by atoms with Gasteiger partial charge in [0.2, 0.25) is 0 Å². The average Bonchev–Trinajstić information content (AvgIpc) is 3.27. The Labute approximate surface area is 188 Å². The lowest BCUT2D eigenvalue weighted by Gasteiger charge is -2.18. The molecule has 5 nitrogen and oxygen atoms in total. The van der Waals surface area contributed by atoms with E-state index in [-0.39, 0.29) is 5.78 Å². The van der Waals surface area contributed by atoms with Crippen molar-refractivity contribution in [3.8, 4) is 0 Å². The van der Waals surface area contributed by atoms with E-state index in [4.69, 9.17) is 4.74 Å². The molecule has 5 heteroatoms. The van der Waals surface area contributed by atoms with E-state index in [0.717, 1.165) is 35.1 Å². The highest BCUT2D eigenvalue weighted by molar-refractivity contribution is 6.10. The topological polar surface area (TPSA) is 66.2 Å². The molecule has 0 aliphatic carbocycles. The summed E-state index contributed by atoms with van der Waals surface area (Å²) >= 11 is 0. The summed E-state index contributed by atoms with van der Waals surface area (Å²) in [5.74, 6) is 0.0753. The second-order valence-corrected chi connectivity index (χ2v) is 7.78. The van der Waals surface area contributed by atoms with Crippen molar-refractivity contribution >= 4 is 22.4 Å². The zero-order valence-corrected chi connectivity index (χ0v) is 18.3. The van der Waals surface area contributed by atoms with Crippen molar-refractivity contribution in [1.82, 2.24) is 10.3 Å². The number of carbonyl (C=O) groups excluding carboxylic acids is 1. The van der Waals surface area contributed by atoms with Crippen molar-refractivity contribution in [3.05, 3.63) is 102 Å². The summed E-state index contributed by atoms with van der Waals surface area (Å²) in [5, 5.41) is 7.78. The lowest BCUT2D eigenvalue weighted by Crippen LogP contribution is -2.30. The van der Waals surface area contributed by atoms with Crippen molar-refractivity contribution in [3.63, 3.8) is 0 Å². The largest absolute Gasteiger partial charge is 0.383 e. The molecular formula is C27H29N3O2. The summed E-state index contributed by atoms with van der Waals surface area (Å²) in [6, 6.07) is 25.8. The van der Waals surface area contributed by atoms with Crippen LogP contribution in [0.2, 0.25) is 0 Å². The zero-order chi connectivity index (χ0) is 22.2. The van der Waals surface area contributed by atoms with Crippen LogP contribution in [0.3, 0.4) is 0 Å². The van der Waals surface area contributed by atoms with Crippen LogP contribution in [-0.2, 0) is 11.2 Å². The Balaban J connectivity index is 1.44. The predicted octanol–water partition coefficient (Wildman–Crippen LogP) is 4.98. The molecule has 0 radical (unpaired) electrons. The van der Waals surface area contributed by atoms with Crippen LogP contribution in [0, 0.1) is 0 Å². The first-order valence-electron chi connectivity index (χ1n) is 11.0. The normalized spacial score (nSPS) is 12.0. The van der Waals surface area contributed by atoms with Gasteiger partial charge in [-0.15, -0.1) is 0 Å². The monoisotopic (exact) mass is 427 g/mol. The summed E-state index contributed by atoms with van der Waals surface area (Å²) in [4.78, 5) is 16.8. The number of carbonyl (C=O) groups is 1. The first-order chi connectivity index (χ1) is 15.8. The summed E-state index contributed by atoms with van der Waals surface area (Å²) < 4.78 is 5.07. The molecule has 0 saturated heterocycles. The van der Waals surface area contributed by atoms with Crippen LogP contribution in [0.15, 0.2) is 85.1 Å². The van der Waals surface area contributed by atoms with E-state index < -0.39 is 6.04 Å². The van der Waals surface area contributed by atoms with Gasteiger partial charge in [-0.05, 0) is 35.7 Å². The van der Waals surface area contributed by atoms with E-state index in [1.54, 1.807) is 7.11 Å². The Bertz CT molecular complexity index is 1140. The van der Waals surface area contributed by atoms with E-state index >= 15 is 0 Å². The Morgan fingerprint density at radius 3 is 2.47 bits per heavy atom. The predicted molar refractivity (Wildman–Crippen MR) is 130 cm³/mol. The number of methoxy groups -OCH3 is 1. The molecule has 32 heavy (non-hydrogen) atoms. The number of fused-ring (bicyclic) bond motifs is 1. The fourth-order valence-electron chi connectivity index (χ4n) is 3.89. The highest BCUT2D eigenvalue weighted by atomic mass is 16.5. The standard InChI is InChI=1S/C27H29N3O2/c1-32-18-17-28-22-13-11-20(12-14-22)15-16-29-26(21-7-3-2-4-8-21)27(31)24-19-30-25-10-6-5-9-23(24)25/h2-14,19,26,28-30H,15-18H2,1H3/t26-/m0/s1. The number of rotatable bonds is 11. The fraction of sp³-hybridized carbons (Fsp3) is 0.222. The Morgan fingerprint density at radius 1 is 0.938 bits per heavy atom. The number of nitrogens with one attached hydrogen (secondary N) is 3. The third-order valence-electron chi connectivity index (χ3n) is 5.60. The maximum absolute atomic E-state index is 13.5. The highest BCUT2D eigenvalue weighted by Crippen LogP contribution is 2.24. The van der Waals surface area contributed by atoms with Crippen molar-refractivity contribution in [2.24, 2.45) is 0 Å². The van der Waals surface area contributed by atoms with Crippen LogP contribution in [0.5, 0.6) is 0 Å². The Hall–Kier alpha value is -3.41. The Kier molecular flexibility index (Phi) is 7.33. The number of H-pyrrole nitrogens is 1. The molecule has 0 unspecified atom stereocenters. The third kappa shape index (κ3) is 5.25. The number of hydrogen-bond acceptors (Lipinski definition) is 4. The summed E-state index contributed by atoms with van der Waals surface area (Å²) in [6.07, 6.45) is 2.66. The number of Topliss-reactive ketones (excluding diaryl/α,β-unsaturated/α-hetero) is 1. The zero-order valence-electron chi connectivity index (χ0n) is 18.3. The van der Waals surface area contributed by atoms with Crippen molar-refractivity contribution in [2.75, 3.05) is 32.1 Å². The van der Waals surface area contributed by atoms with Gasteiger partial charge in [0.1, 0.15) is 0 Å². The van der Waals surface area contributed by atoms with Gasteiger partial charge in [0.05, 0.1) is 12.6 Å². The number of aromatic amines is 1. The van der Waals surface area contributed by atoms with E-state index in [1.807, 2.05) is 60.8 Å². The molecule has 4 aromatic rings. The van der Waals surface area contributed by atoms with Gasteiger partial charge in [-0.2, -0.15) is 0 Å². The van der Waals surface area contributed by atoms with Gasteiger partial charge in [-0.25, -0.2) is 0 Å². The number of hydrogen-bond donors (Lipinski definition) is 3. The van der Waals surface area contributed by atoms with Crippen molar-refractivity contribution < 1.29 is 9.53 Å². The highest BCUT2D eigenvalue weighted by Gasteiger charge is 2.23. The molecule has 0 spiro atoms. The molecule has 4 rings (SSSR count). The van der Waals surface area contributed by atoms with E-state index in [0.29, 0.717) is 18.7 Å². The molecule has 1 aromatic heterocycles. The van der Waals surface area contributed by atoms with Gasteiger partial charge >= 0.3 is 0 Å². The third-order valence-corrected chi connectivity index (χ3v) is 5.60. The van der Waals surface area contributed by atoms with Gasteiger partial charge in [0.25, 0.3) is 0 Å². The van der Waals surface area contributed by atoms with Crippen molar-refractivity contribution in [2.45, 2.75) is 12.5 Å². The van der Waals surface area contributed by atoms with Gasteiger partial charge in [-0.3, -0.25) is 4.79 Å². The molecule has 1 heterocycles. The number of ether oxygens (including phenoxy) is 1. The molecule has 0 saturated carbocycles. The minimum atomic E-state index is -0.398. The second-order valence-electron chi connectivity index (χ2n) is 7.78. The molecular weight excluding hydrogens is 398 g/mol. The number of anilines is 1. The minimum absolute atomic E-state index is 0.0753. The number of para-hydroxylation sites is 1. The van der Waals surface area contributed by atoms with Crippen LogP contribution in [0.1, 0.15) is 27.5 Å². The average molecular weight is 428 g/mol. The van der Waals surface area contributed by atoms with Crippen molar-refractivity contribution in [1.29, 1.82) is 0 Å². The van der Waals surface area contributed by atoms with Gasteiger partial charge < -0.3 is 20.4 Å². The van der Waals surface area contributed by atoms with Crippen LogP contribution in [-0.4, -0.2) is 37.6 Å². The van der Waals surface area contributed by atoms with E-state index in [2.05, 4.69) is 39.9 Å². The Morgan fingerprint density at radius 2 is 1.69 bits per heavy atom. The molecule has 0 bridgehead atoms. The van der Waals surface area contributed by atoms with Gasteiger partial charge in [0.15, 0.2) is 5.78 Å². The molecule has 0 fully saturated rings. The van der Waals surface area contributed by atoms with Gasteiger partial charge in [0, 0.05) is 48.5 Å². The molecule has 164 valence electrons. The smallest absolute Gasteiger partial charge is 0.186 e. The van der Waals surface area contributed by atoms with E-state index in [1.165, 1.54) is 5.56 Å². The first-order valence-corrected chi connectivity index (χ1v) is 11.0. The van der Waals surface area contributed by atoms with Gasteiger partial charge in [-0.1, -0.05) is 60.7 Å². The first kappa shape index (κ1) is 21.8. The minimum Gasteiger partial charge on any atom is -0.383 e. The summed E-state index contributed by atoms with van der Waals surface area (Å²) in [6.45, 7) is 2.16. The fourth-order valence-corrected chi connectivity index (χ4v) is 3.89. The van der Waals surface area contributed by atoms with Crippen LogP contribution >= 0.6 is 0 Å². The lowest BCUT2D eigenvalue weighted by molar-refractivity contribution is 0.0945.